The highest BCUT2D eigenvalue weighted by Gasteiger charge is 2.36. The predicted molar refractivity (Wildman–Crippen MR) is 71.2 cm³/mol. The summed E-state index contributed by atoms with van der Waals surface area (Å²) in [6.45, 7) is 4.41. The minimum absolute atomic E-state index is 0.0348. The molecular formula is C13H18N2O2S. The molecule has 1 aliphatic rings. The van der Waals surface area contributed by atoms with Gasteiger partial charge in [-0.2, -0.15) is 0 Å². The fourth-order valence-corrected chi connectivity index (χ4v) is 2.86. The molecule has 2 heterocycles. The summed E-state index contributed by atoms with van der Waals surface area (Å²) >= 11 is 1.61. The Morgan fingerprint density at radius 3 is 3.00 bits per heavy atom. The van der Waals surface area contributed by atoms with Gasteiger partial charge in [0, 0.05) is 17.3 Å². The second kappa shape index (κ2) is 5.52. The number of thiophene rings is 1. The number of hydrogen-bond acceptors (Lipinski definition) is 3. The lowest BCUT2D eigenvalue weighted by atomic mass is 10.2. The zero-order valence-electron chi connectivity index (χ0n) is 10.7. The van der Waals surface area contributed by atoms with Crippen LogP contribution in [0.2, 0.25) is 0 Å². The number of nitrogens with zero attached hydrogens (tertiary/aromatic N) is 1. The molecular weight excluding hydrogens is 248 g/mol. The molecule has 1 saturated heterocycles. The molecule has 0 bridgehead atoms. The molecule has 0 radical (unpaired) electrons. The average Bonchev–Trinajstić information content (AvgIpc) is 2.90. The zero-order chi connectivity index (χ0) is 13.1. The van der Waals surface area contributed by atoms with E-state index in [9.17, 15) is 9.59 Å². The van der Waals surface area contributed by atoms with Crippen LogP contribution in [-0.4, -0.2) is 28.8 Å². The molecule has 1 aliphatic heterocycles. The van der Waals surface area contributed by atoms with Gasteiger partial charge in [-0.25, -0.2) is 0 Å². The van der Waals surface area contributed by atoms with Crippen LogP contribution in [-0.2, 0) is 16.1 Å². The summed E-state index contributed by atoms with van der Waals surface area (Å²) in [6, 6.07) is 3.76. The first-order valence-corrected chi connectivity index (χ1v) is 7.08. The van der Waals surface area contributed by atoms with Gasteiger partial charge in [0.15, 0.2) is 0 Å². The lowest BCUT2D eigenvalue weighted by Gasteiger charge is -2.24. The van der Waals surface area contributed by atoms with Crippen molar-refractivity contribution in [1.82, 2.24) is 10.2 Å². The van der Waals surface area contributed by atoms with Crippen LogP contribution in [0, 0.1) is 0 Å². The van der Waals surface area contributed by atoms with Crippen molar-refractivity contribution in [2.24, 2.45) is 0 Å². The maximum Gasteiger partial charge on any atom is 0.243 e. The Labute approximate surface area is 111 Å². The van der Waals surface area contributed by atoms with Gasteiger partial charge in [0.1, 0.15) is 6.04 Å². The normalized spacial score (nSPS) is 19.6. The van der Waals surface area contributed by atoms with Crippen LogP contribution in [0.3, 0.4) is 0 Å². The topological polar surface area (TPSA) is 49.4 Å². The Hall–Kier alpha value is -1.36. The fraction of sp³-hybridized carbons (Fsp3) is 0.538. The third-order valence-corrected chi connectivity index (χ3v) is 3.83. The lowest BCUT2D eigenvalue weighted by Crippen LogP contribution is -2.46. The molecule has 2 rings (SSSR count). The van der Waals surface area contributed by atoms with Crippen molar-refractivity contribution in [3.05, 3.63) is 22.4 Å². The first-order chi connectivity index (χ1) is 8.58. The van der Waals surface area contributed by atoms with E-state index in [0.29, 0.717) is 19.4 Å². The Kier molecular flexibility index (Phi) is 4.01. The third-order valence-electron chi connectivity index (χ3n) is 2.97. The Morgan fingerprint density at radius 2 is 2.39 bits per heavy atom. The first kappa shape index (κ1) is 13.1. The van der Waals surface area contributed by atoms with E-state index >= 15 is 0 Å². The van der Waals surface area contributed by atoms with Gasteiger partial charge < -0.3 is 10.2 Å². The molecule has 0 aliphatic carbocycles. The van der Waals surface area contributed by atoms with Crippen molar-refractivity contribution >= 4 is 23.2 Å². The number of nitrogens with one attached hydrogen (secondary N) is 1. The quantitative estimate of drug-likeness (QED) is 0.903. The maximum absolute atomic E-state index is 12.0. The summed E-state index contributed by atoms with van der Waals surface area (Å²) in [4.78, 5) is 26.7. The van der Waals surface area contributed by atoms with Crippen LogP contribution < -0.4 is 5.32 Å². The van der Waals surface area contributed by atoms with E-state index in [0.717, 1.165) is 4.88 Å². The number of likely N-dealkylation sites (tertiary alicyclic amines) is 1. The van der Waals surface area contributed by atoms with Crippen LogP contribution in [0.15, 0.2) is 17.5 Å². The fourth-order valence-electron chi connectivity index (χ4n) is 2.16. The smallest absolute Gasteiger partial charge is 0.243 e. The van der Waals surface area contributed by atoms with E-state index in [4.69, 9.17) is 0 Å². The second-order valence-electron chi connectivity index (χ2n) is 4.82. The number of carbonyl (C=O) groups excluding carboxylic acids is 2. The number of rotatable bonds is 4. The first-order valence-electron chi connectivity index (χ1n) is 6.20. The molecule has 1 fully saturated rings. The summed E-state index contributed by atoms with van der Waals surface area (Å²) in [6.07, 6.45) is 1.10. The van der Waals surface area contributed by atoms with Crippen LogP contribution >= 0.6 is 11.3 Å². The zero-order valence-corrected chi connectivity index (χ0v) is 11.5. The van der Waals surface area contributed by atoms with Gasteiger partial charge in [-0.15, -0.1) is 11.3 Å². The Bertz CT molecular complexity index is 428. The van der Waals surface area contributed by atoms with Crippen LogP contribution in [0.5, 0.6) is 0 Å². The molecule has 4 nitrogen and oxygen atoms in total. The minimum Gasteiger partial charge on any atom is -0.352 e. The minimum atomic E-state index is -0.304. The summed E-state index contributed by atoms with van der Waals surface area (Å²) in [5, 5.41) is 4.87. The van der Waals surface area contributed by atoms with Gasteiger partial charge in [0.2, 0.25) is 11.8 Å². The van der Waals surface area contributed by atoms with Gasteiger partial charge in [0.25, 0.3) is 0 Å². The highest BCUT2D eigenvalue weighted by atomic mass is 32.1. The van der Waals surface area contributed by atoms with Crippen molar-refractivity contribution in [2.45, 2.75) is 45.3 Å². The third kappa shape index (κ3) is 2.90. The van der Waals surface area contributed by atoms with Gasteiger partial charge in [-0.3, -0.25) is 9.59 Å². The van der Waals surface area contributed by atoms with Crippen LogP contribution in [0.4, 0.5) is 0 Å². The molecule has 2 amide bonds. The molecule has 0 aromatic carbocycles. The molecule has 0 unspecified atom stereocenters. The van der Waals surface area contributed by atoms with Crippen molar-refractivity contribution in [1.29, 1.82) is 0 Å². The second-order valence-corrected chi connectivity index (χ2v) is 5.85. The van der Waals surface area contributed by atoms with Gasteiger partial charge >= 0.3 is 0 Å². The maximum atomic E-state index is 12.0. The average molecular weight is 266 g/mol. The van der Waals surface area contributed by atoms with E-state index in [1.165, 1.54) is 0 Å². The highest BCUT2D eigenvalue weighted by molar-refractivity contribution is 7.09. The molecule has 5 heteroatoms. The van der Waals surface area contributed by atoms with Gasteiger partial charge in [-0.1, -0.05) is 6.07 Å². The molecule has 1 atom stereocenters. The molecule has 1 aromatic rings. The summed E-state index contributed by atoms with van der Waals surface area (Å²) in [5.41, 5.74) is 0. The Balaban J connectivity index is 2.05. The summed E-state index contributed by atoms with van der Waals surface area (Å²) in [5.74, 6) is 0.0414. The van der Waals surface area contributed by atoms with E-state index in [-0.39, 0.29) is 23.9 Å². The SMILES string of the molecule is CC(C)NC(=O)[C@@H]1CCC(=O)N1Cc1cccs1. The largest absolute Gasteiger partial charge is 0.352 e. The lowest BCUT2D eigenvalue weighted by molar-refractivity contribution is -0.136. The van der Waals surface area contributed by atoms with Crippen LogP contribution in [0.25, 0.3) is 0 Å². The molecule has 0 saturated carbocycles. The number of amides is 2. The van der Waals surface area contributed by atoms with Crippen molar-refractivity contribution in [3.8, 4) is 0 Å². The molecule has 98 valence electrons. The summed E-state index contributed by atoms with van der Waals surface area (Å²) < 4.78 is 0. The van der Waals surface area contributed by atoms with Crippen molar-refractivity contribution < 1.29 is 9.59 Å². The van der Waals surface area contributed by atoms with Gasteiger partial charge in [0.05, 0.1) is 6.54 Å². The van der Waals surface area contributed by atoms with E-state index in [1.807, 2.05) is 31.4 Å². The molecule has 1 N–H and O–H groups in total. The van der Waals surface area contributed by atoms with E-state index < -0.39 is 0 Å². The monoisotopic (exact) mass is 266 g/mol. The number of carbonyl (C=O) groups is 2. The number of hydrogen-bond donors (Lipinski definition) is 1. The summed E-state index contributed by atoms with van der Waals surface area (Å²) in [7, 11) is 0. The van der Waals surface area contributed by atoms with Gasteiger partial charge in [-0.05, 0) is 31.7 Å². The Morgan fingerprint density at radius 1 is 1.61 bits per heavy atom. The molecule has 18 heavy (non-hydrogen) atoms. The van der Waals surface area contributed by atoms with E-state index in [1.54, 1.807) is 16.2 Å². The van der Waals surface area contributed by atoms with Crippen molar-refractivity contribution in [2.75, 3.05) is 0 Å². The van der Waals surface area contributed by atoms with Crippen molar-refractivity contribution in [3.63, 3.8) is 0 Å². The van der Waals surface area contributed by atoms with E-state index in [2.05, 4.69) is 5.32 Å². The highest BCUT2D eigenvalue weighted by Crippen LogP contribution is 2.23. The molecule has 1 aromatic heterocycles. The predicted octanol–water partition coefficient (Wildman–Crippen LogP) is 1.76. The van der Waals surface area contributed by atoms with Crippen LogP contribution in [0.1, 0.15) is 31.6 Å². The standard InChI is InChI=1S/C13H18N2O2S/c1-9(2)14-13(17)11-5-6-12(16)15(11)8-10-4-3-7-18-10/h3-4,7,9,11H,5-6,8H2,1-2H3,(H,14,17)/t11-/m0/s1. The molecule has 0 spiro atoms.